The van der Waals surface area contributed by atoms with E-state index in [4.69, 9.17) is 4.74 Å². The Morgan fingerprint density at radius 3 is 2.71 bits per heavy atom. The van der Waals surface area contributed by atoms with Crippen LogP contribution in [0, 0.1) is 5.41 Å². The van der Waals surface area contributed by atoms with Gasteiger partial charge >= 0.3 is 0 Å². The molecule has 0 saturated carbocycles. The molecule has 1 amide bonds. The highest BCUT2D eigenvalue weighted by Crippen LogP contribution is 2.33. The maximum atomic E-state index is 12.8. The summed E-state index contributed by atoms with van der Waals surface area (Å²) >= 11 is 1.50. The maximum Gasteiger partial charge on any atom is 0.234 e. The first-order chi connectivity index (χ1) is 11.2. The van der Waals surface area contributed by atoms with Crippen LogP contribution < -0.4 is 10.6 Å². The monoisotopic (exact) mass is 367 g/mol. The van der Waals surface area contributed by atoms with E-state index in [1.165, 1.54) is 11.3 Å². The summed E-state index contributed by atoms with van der Waals surface area (Å²) in [5, 5.41) is 6.92. The molecule has 1 aromatic heterocycles. The van der Waals surface area contributed by atoms with E-state index in [-0.39, 0.29) is 18.3 Å². The van der Waals surface area contributed by atoms with Gasteiger partial charge in [-0.05, 0) is 31.5 Å². The molecule has 0 atom stereocenters. The number of carbonyl (C=O) groups excluding carboxylic acids is 1. The summed E-state index contributed by atoms with van der Waals surface area (Å²) in [5.41, 5.74) is 0.650. The number of ether oxygens (including phenoxy) is 1. The van der Waals surface area contributed by atoms with Crippen LogP contribution in [0.15, 0.2) is 36.5 Å². The van der Waals surface area contributed by atoms with E-state index in [1.807, 2.05) is 30.3 Å². The molecule has 0 spiro atoms. The highest BCUT2D eigenvalue weighted by molar-refractivity contribution is 7.19. The van der Waals surface area contributed by atoms with Gasteiger partial charge in [-0.3, -0.25) is 4.79 Å². The van der Waals surface area contributed by atoms with E-state index in [0.29, 0.717) is 11.7 Å². The number of rotatable bonds is 5. The average Bonchev–Trinajstić information content (AvgIpc) is 3.05. The number of thiazole rings is 1. The quantitative estimate of drug-likeness (QED) is 0.851. The molecule has 0 bridgehead atoms. The number of hydrogen-bond donors (Lipinski definition) is 2. The highest BCUT2D eigenvalue weighted by Gasteiger charge is 2.40. The first kappa shape index (κ1) is 18.9. The molecule has 5 nitrogen and oxygen atoms in total. The zero-order chi connectivity index (χ0) is 16.1. The number of carbonyl (C=O) groups is 1. The van der Waals surface area contributed by atoms with Crippen LogP contribution in [0.3, 0.4) is 0 Å². The number of piperidine rings is 1. The zero-order valence-electron chi connectivity index (χ0n) is 13.6. The van der Waals surface area contributed by atoms with Crippen molar-refractivity contribution in [1.29, 1.82) is 0 Å². The summed E-state index contributed by atoms with van der Waals surface area (Å²) in [7, 11) is 1.65. The number of halogens is 1. The molecule has 2 N–H and O–H groups in total. The molecule has 1 saturated heterocycles. The van der Waals surface area contributed by atoms with Crippen LogP contribution in [0.2, 0.25) is 0 Å². The predicted molar refractivity (Wildman–Crippen MR) is 99.8 cm³/mol. The fourth-order valence-corrected chi connectivity index (χ4v) is 3.73. The summed E-state index contributed by atoms with van der Waals surface area (Å²) in [6.45, 7) is 2.12. The summed E-state index contributed by atoms with van der Waals surface area (Å²) < 4.78 is 5.31. The lowest BCUT2D eigenvalue weighted by atomic mass is 9.79. The molecular formula is C17H22ClN3O2S. The number of methoxy groups -OCH3 is 1. The van der Waals surface area contributed by atoms with Crippen LogP contribution in [0.25, 0.3) is 10.4 Å². The Morgan fingerprint density at radius 1 is 1.33 bits per heavy atom. The van der Waals surface area contributed by atoms with Crippen molar-refractivity contribution in [2.75, 3.05) is 32.1 Å². The highest BCUT2D eigenvalue weighted by atomic mass is 35.5. The van der Waals surface area contributed by atoms with Gasteiger partial charge in [-0.1, -0.05) is 41.7 Å². The number of hydrogen-bond acceptors (Lipinski definition) is 5. The Morgan fingerprint density at radius 2 is 2.04 bits per heavy atom. The third-order valence-electron chi connectivity index (χ3n) is 4.25. The lowest BCUT2D eigenvalue weighted by molar-refractivity contribution is -0.130. The predicted octanol–water partition coefficient (Wildman–Crippen LogP) is 3.19. The van der Waals surface area contributed by atoms with Gasteiger partial charge in [0.25, 0.3) is 0 Å². The van der Waals surface area contributed by atoms with Crippen molar-refractivity contribution in [3.8, 4) is 10.4 Å². The number of benzene rings is 1. The summed E-state index contributed by atoms with van der Waals surface area (Å²) in [5.74, 6) is 0.00908. The van der Waals surface area contributed by atoms with Gasteiger partial charge in [-0.25, -0.2) is 4.98 Å². The fraction of sp³-hybridized carbons (Fsp3) is 0.412. The van der Waals surface area contributed by atoms with E-state index in [1.54, 1.807) is 13.3 Å². The van der Waals surface area contributed by atoms with Gasteiger partial charge in [-0.15, -0.1) is 12.4 Å². The minimum absolute atomic E-state index is 0. The van der Waals surface area contributed by atoms with Gasteiger partial charge in [0.1, 0.15) is 0 Å². The standard InChI is InChI=1S/C17H21N3O2S.ClH/c1-22-12-17(7-9-18-10-8-17)15(21)20-16-19-11-14(23-16)13-5-3-2-4-6-13;/h2-6,11,18H,7-10,12H2,1H3,(H,19,20,21);1H. The molecule has 2 aromatic rings. The molecule has 0 radical (unpaired) electrons. The minimum atomic E-state index is -0.460. The smallest absolute Gasteiger partial charge is 0.234 e. The lowest BCUT2D eigenvalue weighted by Gasteiger charge is -2.35. The second kappa shape index (κ2) is 8.58. The van der Waals surface area contributed by atoms with Crippen molar-refractivity contribution in [2.24, 2.45) is 5.41 Å². The molecule has 130 valence electrons. The first-order valence-electron chi connectivity index (χ1n) is 7.76. The van der Waals surface area contributed by atoms with E-state index in [9.17, 15) is 4.79 Å². The Hall–Kier alpha value is -1.47. The molecule has 0 aliphatic carbocycles. The van der Waals surface area contributed by atoms with Crippen molar-refractivity contribution in [2.45, 2.75) is 12.8 Å². The molecule has 2 heterocycles. The zero-order valence-corrected chi connectivity index (χ0v) is 15.2. The van der Waals surface area contributed by atoms with E-state index in [0.717, 1.165) is 36.4 Å². The summed E-state index contributed by atoms with van der Waals surface area (Å²) in [4.78, 5) is 18.2. The summed E-state index contributed by atoms with van der Waals surface area (Å²) in [6, 6.07) is 10.1. The van der Waals surface area contributed by atoms with Crippen LogP contribution >= 0.6 is 23.7 Å². The van der Waals surface area contributed by atoms with Gasteiger partial charge in [0.05, 0.1) is 16.9 Å². The Bertz CT molecular complexity index is 651. The van der Waals surface area contributed by atoms with Crippen LogP contribution in [-0.2, 0) is 9.53 Å². The van der Waals surface area contributed by atoms with E-state index in [2.05, 4.69) is 15.6 Å². The number of nitrogens with one attached hydrogen (secondary N) is 2. The topological polar surface area (TPSA) is 63.2 Å². The van der Waals surface area contributed by atoms with Crippen LogP contribution in [0.5, 0.6) is 0 Å². The van der Waals surface area contributed by atoms with Gasteiger partial charge in [0.2, 0.25) is 5.91 Å². The lowest BCUT2D eigenvalue weighted by Crippen LogP contribution is -2.47. The van der Waals surface area contributed by atoms with Crippen molar-refractivity contribution in [1.82, 2.24) is 10.3 Å². The minimum Gasteiger partial charge on any atom is -0.384 e. The molecule has 1 fully saturated rings. The number of amides is 1. The van der Waals surface area contributed by atoms with Crippen molar-refractivity contribution in [3.63, 3.8) is 0 Å². The molecule has 3 rings (SSSR count). The van der Waals surface area contributed by atoms with Crippen LogP contribution in [0.4, 0.5) is 5.13 Å². The van der Waals surface area contributed by atoms with Gasteiger partial charge in [0.15, 0.2) is 5.13 Å². The maximum absolute atomic E-state index is 12.8. The van der Waals surface area contributed by atoms with Crippen LogP contribution in [0.1, 0.15) is 12.8 Å². The second-order valence-corrected chi connectivity index (χ2v) is 6.84. The van der Waals surface area contributed by atoms with E-state index >= 15 is 0 Å². The second-order valence-electron chi connectivity index (χ2n) is 5.81. The van der Waals surface area contributed by atoms with Crippen molar-refractivity contribution >= 4 is 34.8 Å². The van der Waals surface area contributed by atoms with Crippen molar-refractivity contribution < 1.29 is 9.53 Å². The number of nitrogens with zero attached hydrogens (tertiary/aromatic N) is 1. The van der Waals surface area contributed by atoms with Gasteiger partial charge in [-0.2, -0.15) is 0 Å². The number of anilines is 1. The molecule has 24 heavy (non-hydrogen) atoms. The molecule has 1 aliphatic heterocycles. The Kier molecular flexibility index (Phi) is 6.74. The Balaban J connectivity index is 0.00000208. The average molecular weight is 368 g/mol. The molecular weight excluding hydrogens is 346 g/mol. The largest absolute Gasteiger partial charge is 0.384 e. The van der Waals surface area contributed by atoms with E-state index < -0.39 is 5.41 Å². The van der Waals surface area contributed by atoms with Gasteiger partial charge < -0.3 is 15.4 Å². The third-order valence-corrected chi connectivity index (χ3v) is 5.21. The normalized spacial score (nSPS) is 16.2. The SMILES string of the molecule is COCC1(C(=O)Nc2ncc(-c3ccccc3)s2)CCNCC1.Cl. The Labute approximate surface area is 152 Å². The molecule has 7 heteroatoms. The summed E-state index contributed by atoms with van der Waals surface area (Å²) in [6.07, 6.45) is 3.37. The van der Waals surface area contributed by atoms with Crippen LogP contribution in [-0.4, -0.2) is 37.7 Å². The van der Waals surface area contributed by atoms with Crippen molar-refractivity contribution in [3.05, 3.63) is 36.5 Å². The molecule has 0 unspecified atom stereocenters. The first-order valence-corrected chi connectivity index (χ1v) is 8.57. The number of aromatic nitrogens is 1. The fourth-order valence-electron chi connectivity index (χ4n) is 2.92. The molecule has 1 aromatic carbocycles. The molecule has 1 aliphatic rings. The third kappa shape index (κ3) is 4.13. The van der Waals surface area contributed by atoms with Gasteiger partial charge in [0, 0.05) is 13.3 Å².